The van der Waals surface area contributed by atoms with E-state index in [4.69, 9.17) is 0 Å². The molecule has 1 aromatic carbocycles. The zero-order valence-electron chi connectivity index (χ0n) is 8.67. The van der Waals surface area contributed by atoms with Gasteiger partial charge in [-0.05, 0) is 30.5 Å². The third-order valence-electron chi connectivity index (χ3n) is 2.17. The summed E-state index contributed by atoms with van der Waals surface area (Å²) in [5.74, 6) is -0.0356. The summed E-state index contributed by atoms with van der Waals surface area (Å²) in [7, 11) is 0. The number of Topliss-reactive ketones (excluding diaryl/α,β-unsaturated/α-hetero) is 1. The second-order valence-electron chi connectivity index (χ2n) is 3.51. The van der Waals surface area contributed by atoms with Crippen LogP contribution in [0.2, 0.25) is 0 Å². The number of benzene rings is 1. The van der Waals surface area contributed by atoms with E-state index < -0.39 is 0 Å². The molecule has 0 spiro atoms. The second kappa shape index (κ2) is 6.01. The Labute approximate surface area is 97.8 Å². The van der Waals surface area contributed by atoms with Crippen LogP contribution in [0.15, 0.2) is 24.3 Å². The molecule has 15 heavy (non-hydrogen) atoms. The van der Waals surface area contributed by atoms with Gasteiger partial charge in [0.2, 0.25) is 0 Å². The van der Waals surface area contributed by atoms with Crippen molar-refractivity contribution in [2.45, 2.75) is 31.0 Å². The Balaban J connectivity index is 2.54. The number of hydrogen-bond donors (Lipinski definition) is 0. The van der Waals surface area contributed by atoms with Crippen LogP contribution in [-0.2, 0) is 11.2 Å². The van der Waals surface area contributed by atoms with Crippen LogP contribution in [0.4, 0.5) is 4.39 Å². The minimum atomic E-state index is -0.246. The molecular weight excluding hydrogens is 259 g/mol. The molecule has 0 amide bonds. The van der Waals surface area contributed by atoms with Gasteiger partial charge < -0.3 is 0 Å². The molecule has 0 aliphatic carbocycles. The highest BCUT2D eigenvalue weighted by atomic mass is 79.9. The van der Waals surface area contributed by atoms with Gasteiger partial charge in [-0.25, -0.2) is 4.39 Å². The van der Waals surface area contributed by atoms with Crippen LogP contribution >= 0.6 is 15.9 Å². The molecule has 0 radical (unpaired) electrons. The Morgan fingerprint density at radius 3 is 2.53 bits per heavy atom. The summed E-state index contributed by atoms with van der Waals surface area (Å²) in [6.45, 7) is 1.98. The van der Waals surface area contributed by atoms with Gasteiger partial charge in [-0.1, -0.05) is 35.0 Å². The molecule has 0 aromatic heterocycles. The molecule has 0 N–H and O–H groups in total. The predicted molar refractivity (Wildman–Crippen MR) is 62.7 cm³/mol. The standard InChI is InChI=1S/C12H14BrFO/c1-2-3-12(15)11(13)8-9-4-6-10(14)7-5-9/h4-7,11H,2-3,8H2,1H3. The van der Waals surface area contributed by atoms with Crippen LogP contribution < -0.4 is 0 Å². The van der Waals surface area contributed by atoms with E-state index in [-0.39, 0.29) is 16.4 Å². The number of halogens is 2. The van der Waals surface area contributed by atoms with Crippen molar-refractivity contribution >= 4 is 21.7 Å². The van der Waals surface area contributed by atoms with Gasteiger partial charge in [0.1, 0.15) is 11.6 Å². The van der Waals surface area contributed by atoms with Crippen molar-refractivity contribution in [2.24, 2.45) is 0 Å². The quantitative estimate of drug-likeness (QED) is 0.750. The third kappa shape index (κ3) is 4.12. The molecular formula is C12H14BrFO. The first-order valence-corrected chi connectivity index (χ1v) is 5.96. The molecule has 0 saturated carbocycles. The van der Waals surface area contributed by atoms with E-state index in [0.717, 1.165) is 12.0 Å². The maximum Gasteiger partial charge on any atom is 0.146 e. The van der Waals surface area contributed by atoms with E-state index in [9.17, 15) is 9.18 Å². The normalized spacial score (nSPS) is 12.5. The SMILES string of the molecule is CCCC(=O)C(Br)Cc1ccc(F)cc1. The number of carbonyl (C=O) groups is 1. The molecule has 0 heterocycles. The van der Waals surface area contributed by atoms with Crippen LogP contribution in [0.25, 0.3) is 0 Å². The summed E-state index contributed by atoms with van der Waals surface area (Å²) in [6.07, 6.45) is 2.08. The Kier molecular flexibility index (Phi) is 4.95. The minimum absolute atomic E-state index is 0.150. The number of hydrogen-bond acceptors (Lipinski definition) is 1. The second-order valence-corrected chi connectivity index (χ2v) is 4.62. The van der Waals surface area contributed by atoms with Crippen LogP contribution in [0.1, 0.15) is 25.3 Å². The fourth-order valence-corrected chi connectivity index (χ4v) is 1.95. The number of rotatable bonds is 5. The third-order valence-corrected chi connectivity index (χ3v) is 3.01. The zero-order chi connectivity index (χ0) is 11.3. The van der Waals surface area contributed by atoms with Gasteiger partial charge in [0.05, 0.1) is 4.83 Å². The van der Waals surface area contributed by atoms with Crippen LogP contribution in [0.3, 0.4) is 0 Å². The van der Waals surface area contributed by atoms with Crippen molar-refractivity contribution in [1.29, 1.82) is 0 Å². The molecule has 1 atom stereocenters. The Morgan fingerprint density at radius 1 is 1.40 bits per heavy atom. The Hall–Kier alpha value is -0.700. The Bertz CT molecular complexity index is 321. The smallest absolute Gasteiger partial charge is 0.146 e. The van der Waals surface area contributed by atoms with Crippen molar-refractivity contribution in [2.75, 3.05) is 0 Å². The molecule has 0 bridgehead atoms. The molecule has 0 fully saturated rings. The maximum atomic E-state index is 12.6. The summed E-state index contributed by atoms with van der Waals surface area (Å²) in [5.41, 5.74) is 0.975. The van der Waals surface area contributed by atoms with Crippen LogP contribution in [0, 0.1) is 5.82 Å². The average Bonchev–Trinajstić information content (AvgIpc) is 2.22. The van der Waals surface area contributed by atoms with Crippen molar-refractivity contribution in [1.82, 2.24) is 0 Å². The van der Waals surface area contributed by atoms with Gasteiger partial charge in [0.25, 0.3) is 0 Å². The average molecular weight is 273 g/mol. The summed E-state index contributed by atoms with van der Waals surface area (Å²) in [4.78, 5) is 11.3. The summed E-state index contributed by atoms with van der Waals surface area (Å²) in [6, 6.07) is 6.25. The topological polar surface area (TPSA) is 17.1 Å². The molecule has 0 saturated heterocycles. The molecule has 1 unspecified atom stereocenters. The largest absolute Gasteiger partial charge is 0.298 e. The van der Waals surface area contributed by atoms with E-state index >= 15 is 0 Å². The highest BCUT2D eigenvalue weighted by Gasteiger charge is 2.13. The van der Waals surface area contributed by atoms with Crippen LogP contribution in [-0.4, -0.2) is 10.6 Å². The van der Waals surface area contributed by atoms with Crippen molar-refractivity contribution in [3.8, 4) is 0 Å². The fraction of sp³-hybridized carbons (Fsp3) is 0.417. The lowest BCUT2D eigenvalue weighted by atomic mass is 10.1. The Morgan fingerprint density at radius 2 is 2.00 bits per heavy atom. The molecule has 1 aromatic rings. The van der Waals surface area contributed by atoms with E-state index in [1.165, 1.54) is 12.1 Å². The van der Waals surface area contributed by atoms with E-state index in [1.54, 1.807) is 12.1 Å². The lowest BCUT2D eigenvalue weighted by Crippen LogP contribution is -2.16. The van der Waals surface area contributed by atoms with E-state index in [0.29, 0.717) is 12.8 Å². The molecule has 0 aliphatic heterocycles. The maximum absolute atomic E-state index is 12.6. The number of carbonyl (C=O) groups excluding carboxylic acids is 1. The lowest BCUT2D eigenvalue weighted by molar-refractivity contribution is -0.118. The monoisotopic (exact) mass is 272 g/mol. The minimum Gasteiger partial charge on any atom is -0.298 e. The number of alkyl halides is 1. The van der Waals surface area contributed by atoms with Crippen LogP contribution in [0.5, 0.6) is 0 Å². The molecule has 82 valence electrons. The van der Waals surface area contributed by atoms with Gasteiger partial charge in [-0.3, -0.25) is 4.79 Å². The lowest BCUT2D eigenvalue weighted by Gasteiger charge is -2.07. The summed E-state index contributed by atoms with van der Waals surface area (Å²) in [5, 5.41) is 0. The van der Waals surface area contributed by atoms with Gasteiger partial charge in [-0.15, -0.1) is 0 Å². The molecule has 1 nitrogen and oxygen atoms in total. The van der Waals surface area contributed by atoms with Crippen molar-refractivity contribution in [3.63, 3.8) is 0 Å². The first-order chi connectivity index (χ1) is 7.13. The van der Waals surface area contributed by atoms with Gasteiger partial charge in [-0.2, -0.15) is 0 Å². The van der Waals surface area contributed by atoms with Crippen molar-refractivity contribution in [3.05, 3.63) is 35.6 Å². The predicted octanol–water partition coefficient (Wildman–Crippen LogP) is 3.50. The highest BCUT2D eigenvalue weighted by molar-refractivity contribution is 9.10. The van der Waals surface area contributed by atoms with Crippen molar-refractivity contribution < 1.29 is 9.18 Å². The number of ketones is 1. The first-order valence-electron chi connectivity index (χ1n) is 5.04. The highest BCUT2D eigenvalue weighted by Crippen LogP contribution is 2.13. The first kappa shape index (κ1) is 12.4. The van der Waals surface area contributed by atoms with Gasteiger partial charge in [0.15, 0.2) is 0 Å². The molecule has 3 heteroatoms. The van der Waals surface area contributed by atoms with E-state index in [2.05, 4.69) is 15.9 Å². The fourth-order valence-electron chi connectivity index (χ4n) is 1.34. The van der Waals surface area contributed by atoms with Gasteiger partial charge >= 0.3 is 0 Å². The molecule has 1 rings (SSSR count). The van der Waals surface area contributed by atoms with E-state index in [1.807, 2.05) is 6.92 Å². The van der Waals surface area contributed by atoms with Gasteiger partial charge in [0, 0.05) is 6.42 Å². The summed E-state index contributed by atoms with van der Waals surface area (Å²) >= 11 is 3.36. The summed E-state index contributed by atoms with van der Waals surface area (Å²) < 4.78 is 12.6. The zero-order valence-corrected chi connectivity index (χ0v) is 10.3. The molecule has 0 aliphatic rings.